The molecule has 0 fully saturated rings. The summed E-state index contributed by atoms with van der Waals surface area (Å²) >= 11 is 0. The fraction of sp³-hybridized carbons (Fsp3) is 0.407. The van der Waals surface area contributed by atoms with Gasteiger partial charge >= 0.3 is 0 Å². The lowest BCUT2D eigenvalue weighted by Gasteiger charge is -2.30. The Morgan fingerprint density at radius 3 is 2.40 bits per heavy atom. The summed E-state index contributed by atoms with van der Waals surface area (Å²) in [4.78, 5) is 32.7. The maximum absolute atomic E-state index is 13.5. The lowest BCUT2D eigenvalue weighted by molar-refractivity contribution is -0.144. The van der Waals surface area contributed by atoms with Crippen molar-refractivity contribution in [1.82, 2.24) is 14.8 Å². The maximum Gasteiger partial charge on any atom is 0.249 e. The highest BCUT2D eigenvalue weighted by atomic mass is 16.5. The van der Waals surface area contributed by atoms with Crippen molar-refractivity contribution in [1.29, 1.82) is 0 Å². The van der Waals surface area contributed by atoms with Crippen LogP contribution in [0.4, 0.5) is 0 Å². The molecular weight excluding hydrogens is 446 g/mol. The van der Waals surface area contributed by atoms with Crippen LogP contribution in [-0.2, 0) is 27.3 Å². The van der Waals surface area contributed by atoms with Gasteiger partial charge < -0.3 is 29.0 Å². The van der Waals surface area contributed by atoms with Gasteiger partial charge in [0.15, 0.2) is 11.5 Å². The first-order chi connectivity index (χ1) is 16.9. The van der Waals surface area contributed by atoms with Crippen molar-refractivity contribution >= 4 is 22.7 Å². The molecule has 8 nitrogen and oxygen atoms in total. The molecule has 0 saturated carbocycles. The lowest BCUT2D eigenvalue weighted by atomic mass is 10.1. The van der Waals surface area contributed by atoms with Gasteiger partial charge in [-0.2, -0.15) is 0 Å². The second-order valence-corrected chi connectivity index (χ2v) is 8.66. The number of aromatic nitrogens is 1. The average Bonchev–Trinajstić information content (AvgIpc) is 3.27. The number of hydrogen-bond acceptors (Lipinski definition) is 5. The Bertz CT molecular complexity index is 1140. The van der Waals surface area contributed by atoms with Crippen LogP contribution in [0, 0.1) is 0 Å². The van der Waals surface area contributed by atoms with E-state index in [0.717, 1.165) is 22.0 Å². The number of rotatable bonds is 12. The molecule has 0 spiro atoms. The minimum Gasteiger partial charge on any atom is -0.493 e. The maximum atomic E-state index is 13.5. The second-order valence-electron chi connectivity index (χ2n) is 8.66. The van der Waals surface area contributed by atoms with Crippen molar-refractivity contribution in [2.45, 2.75) is 32.9 Å². The minimum atomic E-state index is -0.210. The third-order valence-corrected chi connectivity index (χ3v) is 6.02. The van der Waals surface area contributed by atoms with E-state index >= 15 is 0 Å². The molecule has 0 aliphatic carbocycles. The minimum absolute atomic E-state index is 0.0129. The number of nitrogens with one attached hydrogen (secondary N) is 1. The molecule has 2 aromatic carbocycles. The van der Waals surface area contributed by atoms with E-state index in [9.17, 15) is 9.59 Å². The molecule has 3 aromatic rings. The van der Waals surface area contributed by atoms with Crippen LogP contribution in [0.25, 0.3) is 10.9 Å². The molecular formula is C27H35N3O5. The van der Waals surface area contributed by atoms with Gasteiger partial charge in [0, 0.05) is 43.3 Å². The molecule has 1 heterocycles. The molecule has 0 unspecified atom stereocenters. The van der Waals surface area contributed by atoms with Crippen LogP contribution in [0.15, 0.2) is 48.7 Å². The first-order valence-corrected chi connectivity index (χ1v) is 11.7. The zero-order chi connectivity index (χ0) is 25.4. The van der Waals surface area contributed by atoms with Crippen molar-refractivity contribution < 1.29 is 23.8 Å². The van der Waals surface area contributed by atoms with Gasteiger partial charge in [0.2, 0.25) is 11.8 Å². The van der Waals surface area contributed by atoms with Crippen LogP contribution in [0.1, 0.15) is 25.0 Å². The van der Waals surface area contributed by atoms with Crippen molar-refractivity contribution in [2.75, 3.05) is 41.0 Å². The molecule has 1 aromatic heterocycles. The van der Waals surface area contributed by atoms with Gasteiger partial charge in [0.1, 0.15) is 13.2 Å². The highest BCUT2D eigenvalue weighted by Gasteiger charge is 2.24. The van der Waals surface area contributed by atoms with E-state index in [-0.39, 0.29) is 31.0 Å². The first-order valence-electron chi connectivity index (χ1n) is 11.7. The topological polar surface area (TPSA) is 84.1 Å². The fourth-order valence-corrected chi connectivity index (χ4v) is 4.10. The third-order valence-electron chi connectivity index (χ3n) is 6.02. The van der Waals surface area contributed by atoms with E-state index in [1.54, 1.807) is 24.0 Å². The number of aromatic amines is 1. The Labute approximate surface area is 206 Å². The molecule has 0 atom stereocenters. The van der Waals surface area contributed by atoms with Gasteiger partial charge in [-0.05, 0) is 49.6 Å². The van der Waals surface area contributed by atoms with E-state index in [1.807, 2.05) is 56.4 Å². The summed E-state index contributed by atoms with van der Waals surface area (Å²) < 4.78 is 15.8. The van der Waals surface area contributed by atoms with Crippen LogP contribution in [0.3, 0.4) is 0 Å². The molecule has 0 aliphatic heterocycles. The van der Waals surface area contributed by atoms with E-state index < -0.39 is 0 Å². The predicted octanol–water partition coefficient (Wildman–Crippen LogP) is 3.64. The SMILES string of the molecule is COCC(=O)N(CC(=O)N(CCc1c[nH]c2ccccc12)Cc1ccc(OC)c(OC)c1)C(C)C. The van der Waals surface area contributed by atoms with Crippen molar-refractivity contribution in [3.8, 4) is 11.5 Å². The largest absolute Gasteiger partial charge is 0.493 e. The Morgan fingerprint density at radius 1 is 0.971 bits per heavy atom. The zero-order valence-electron chi connectivity index (χ0n) is 21.2. The number of carbonyl (C=O) groups excluding carboxylic acids is 2. The van der Waals surface area contributed by atoms with Crippen LogP contribution < -0.4 is 9.47 Å². The summed E-state index contributed by atoms with van der Waals surface area (Å²) in [7, 11) is 4.65. The smallest absolute Gasteiger partial charge is 0.249 e. The summed E-state index contributed by atoms with van der Waals surface area (Å²) in [6, 6.07) is 13.6. The monoisotopic (exact) mass is 481 g/mol. The van der Waals surface area contributed by atoms with Crippen LogP contribution >= 0.6 is 0 Å². The number of fused-ring (bicyclic) bond motifs is 1. The number of amides is 2. The van der Waals surface area contributed by atoms with Crippen molar-refractivity contribution in [2.24, 2.45) is 0 Å². The number of para-hydroxylation sites is 1. The highest BCUT2D eigenvalue weighted by molar-refractivity contribution is 5.86. The number of carbonyl (C=O) groups is 2. The van der Waals surface area contributed by atoms with Gasteiger partial charge in [-0.25, -0.2) is 0 Å². The second kappa shape index (κ2) is 12.3. The Hall–Kier alpha value is -3.52. The number of methoxy groups -OCH3 is 3. The standard InChI is InChI=1S/C27H35N3O5/c1-19(2)30(27(32)18-33-3)17-26(31)29(16-20-10-11-24(34-4)25(14-20)35-5)13-12-21-15-28-23-9-7-6-8-22(21)23/h6-11,14-15,19,28H,12-13,16-18H2,1-5H3. The van der Waals surface area contributed by atoms with Crippen molar-refractivity contribution in [3.05, 3.63) is 59.8 Å². The molecule has 35 heavy (non-hydrogen) atoms. The summed E-state index contributed by atoms with van der Waals surface area (Å²) in [6.07, 6.45) is 2.67. The van der Waals surface area contributed by atoms with Gasteiger partial charge in [0.25, 0.3) is 0 Å². The van der Waals surface area contributed by atoms with Gasteiger partial charge in [-0.1, -0.05) is 24.3 Å². The Balaban J connectivity index is 1.83. The van der Waals surface area contributed by atoms with E-state index in [0.29, 0.717) is 31.0 Å². The third kappa shape index (κ3) is 6.54. The van der Waals surface area contributed by atoms with Gasteiger partial charge in [-0.15, -0.1) is 0 Å². The van der Waals surface area contributed by atoms with E-state index in [4.69, 9.17) is 14.2 Å². The van der Waals surface area contributed by atoms with Crippen LogP contribution in [0.5, 0.6) is 11.5 Å². The number of H-pyrrole nitrogens is 1. The molecule has 8 heteroatoms. The zero-order valence-corrected chi connectivity index (χ0v) is 21.2. The van der Waals surface area contributed by atoms with Crippen LogP contribution in [0.2, 0.25) is 0 Å². The van der Waals surface area contributed by atoms with Gasteiger partial charge in [0.05, 0.1) is 14.2 Å². The Morgan fingerprint density at radius 2 is 1.71 bits per heavy atom. The normalized spacial score (nSPS) is 11.0. The molecule has 3 rings (SSSR count). The number of nitrogens with zero attached hydrogens (tertiary/aromatic N) is 2. The lowest BCUT2D eigenvalue weighted by Crippen LogP contribution is -2.47. The summed E-state index contributed by atoms with van der Waals surface area (Å²) in [5.41, 5.74) is 3.12. The number of benzene rings is 2. The first kappa shape index (κ1) is 26.1. The highest BCUT2D eigenvalue weighted by Crippen LogP contribution is 2.28. The molecule has 0 bridgehead atoms. The molecule has 188 valence electrons. The fourth-order valence-electron chi connectivity index (χ4n) is 4.10. The molecule has 0 radical (unpaired) electrons. The van der Waals surface area contributed by atoms with Crippen LogP contribution in [-0.4, -0.2) is 73.7 Å². The van der Waals surface area contributed by atoms with Crippen molar-refractivity contribution in [3.63, 3.8) is 0 Å². The van der Waals surface area contributed by atoms with E-state index in [2.05, 4.69) is 11.1 Å². The molecule has 2 amide bonds. The molecule has 1 N–H and O–H groups in total. The average molecular weight is 482 g/mol. The Kier molecular flexibility index (Phi) is 9.14. The quantitative estimate of drug-likeness (QED) is 0.427. The molecule has 0 aliphatic rings. The van der Waals surface area contributed by atoms with Gasteiger partial charge in [-0.3, -0.25) is 9.59 Å². The summed E-state index contributed by atoms with van der Waals surface area (Å²) in [5.74, 6) is 0.897. The number of hydrogen-bond donors (Lipinski definition) is 1. The number of ether oxygens (including phenoxy) is 3. The van der Waals surface area contributed by atoms with E-state index in [1.165, 1.54) is 7.11 Å². The summed E-state index contributed by atoms with van der Waals surface area (Å²) in [5, 5.41) is 1.14. The molecule has 0 saturated heterocycles. The summed E-state index contributed by atoms with van der Waals surface area (Å²) in [6.45, 7) is 4.60. The predicted molar refractivity (Wildman–Crippen MR) is 136 cm³/mol.